The number of para-hydroxylation sites is 1. The van der Waals surface area contributed by atoms with Gasteiger partial charge in [0.1, 0.15) is 11.6 Å². The van der Waals surface area contributed by atoms with Crippen LogP contribution >= 0.6 is 0 Å². The number of fused-ring (bicyclic) bond motifs is 1. The lowest BCUT2D eigenvalue weighted by Crippen LogP contribution is -2.18. The van der Waals surface area contributed by atoms with E-state index >= 15 is 0 Å². The van der Waals surface area contributed by atoms with Gasteiger partial charge >= 0.3 is 6.09 Å². The van der Waals surface area contributed by atoms with Crippen LogP contribution in [0.5, 0.6) is 0 Å². The van der Waals surface area contributed by atoms with Crippen LogP contribution < -0.4 is 5.73 Å². The molecule has 3 rings (SSSR count). The molecule has 5 nitrogen and oxygen atoms in total. The number of aromatic nitrogens is 1. The van der Waals surface area contributed by atoms with Crippen LogP contribution in [0.2, 0.25) is 0 Å². The molecule has 1 amide bonds. The molecule has 0 aliphatic carbocycles. The molecule has 1 aromatic heterocycles. The minimum Gasteiger partial charge on any atom is -0.391 e. The predicted molar refractivity (Wildman–Crippen MR) is 81.1 cm³/mol. The standard InChI is InChI=1S/C16H11F2N3O2/c17-9-6-4-8(5-7-9)13-12(15(19)23-16(20)22)10-2-1-3-11(18)14(10)21-13/h1-7,19,21H,(H2,20,22). The fourth-order valence-electron chi connectivity index (χ4n) is 2.40. The van der Waals surface area contributed by atoms with Crippen molar-refractivity contribution in [3.63, 3.8) is 0 Å². The van der Waals surface area contributed by atoms with E-state index in [0.717, 1.165) is 0 Å². The molecular weight excluding hydrogens is 304 g/mol. The number of benzene rings is 2. The lowest BCUT2D eigenvalue weighted by Gasteiger charge is -2.06. The Bertz CT molecular complexity index is 917. The number of halogens is 2. The third kappa shape index (κ3) is 2.64. The van der Waals surface area contributed by atoms with E-state index in [9.17, 15) is 13.6 Å². The van der Waals surface area contributed by atoms with Crippen molar-refractivity contribution in [3.8, 4) is 11.3 Å². The second-order valence-electron chi connectivity index (χ2n) is 4.79. The van der Waals surface area contributed by atoms with Crippen molar-refractivity contribution in [1.82, 2.24) is 4.98 Å². The summed E-state index contributed by atoms with van der Waals surface area (Å²) in [5.74, 6) is -1.47. The van der Waals surface area contributed by atoms with E-state index < -0.39 is 23.6 Å². The van der Waals surface area contributed by atoms with Gasteiger partial charge in [-0.05, 0) is 35.9 Å². The molecule has 1 heterocycles. The molecule has 0 fully saturated rings. The average Bonchev–Trinajstić information content (AvgIpc) is 2.88. The van der Waals surface area contributed by atoms with Crippen LogP contribution in [0.3, 0.4) is 0 Å². The average molecular weight is 315 g/mol. The number of aromatic amines is 1. The van der Waals surface area contributed by atoms with Crippen molar-refractivity contribution in [3.05, 3.63) is 59.7 Å². The summed E-state index contributed by atoms with van der Waals surface area (Å²) >= 11 is 0. The summed E-state index contributed by atoms with van der Waals surface area (Å²) in [4.78, 5) is 13.8. The largest absolute Gasteiger partial charge is 0.411 e. The SMILES string of the molecule is N=C(OC(N)=O)c1c(-c2ccc(F)cc2)[nH]c2c(F)cccc12. The number of hydrogen-bond donors (Lipinski definition) is 3. The number of H-pyrrole nitrogens is 1. The van der Waals surface area contributed by atoms with E-state index in [1.807, 2.05) is 0 Å². The fourth-order valence-corrected chi connectivity index (χ4v) is 2.40. The summed E-state index contributed by atoms with van der Waals surface area (Å²) in [7, 11) is 0. The highest BCUT2D eigenvalue weighted by atomic mass is 19.1. The van der Waals surface area contributed by atoms with Gasteiger partial charge in [-0.2, -0.15) is 0 Å². The first-order chi connectivity index (χ1) is 11.0. The highest BCUT2D eigenvalue weighted by Gasteiger charge is 2.21. The maximum Gasteiger partial charge on any atom is 0.411 e. The lowest BCUT2D eigenvalue weighted by molar-refractivity contribution is 0.208. The summed E-state index contributed by atoms with van der Waals surface area (Å²) in [6, 6.07) is 9.73. The smallest absolute Gasteiger partial charge is 0.391 e. The van der Waals surface area contributed by atoms with Crippen LogP contribution in [0.25, 0.3) is 22.2 Å². The predicted octanol–water partition coefficient (Wildman–Crippen LogP) is 3.53. The van der Waals surface area contributed by atoms with Crippen molar-refractivity contribution in [1.29, 1.82) is 5.41 Å². The highest BCUT2D eigenvalue weighted by molar-refractivity contribution is 6.13. The Kier molecular flexibility index (Phi) is 3.53. The highest BCUT2D eigenvalue weighted by Crippen LogP contribution is 2.32. The van der Waals surface area contributed by atoms with Crippen LogP contribution in [0.15, 0.2) is 42.5 Å². The second kappa shape index (κ2) is 5.53. The lowest BCUT2D eigenvalue weighted by atomic mass is 10.0. The van der Waals surface area contributed by atoms with Gasteiger partial charge in [-0.25, -0.2) is 13.6 Å². The van der Waals surface area contributed by atoms with Gasteiger partial charge in [0.2, 0.25) is 5.90 Å². The number of carbonyl (C=O) groups is 1. The van der Waals surface area contributed by atoms with Gasteiger partial charge in [0, 0.05) is 5.39 Å². The minimum atomic E-state index is -1.15. The molecule has 2 aromatic carbocycles. The second-order valence-corrected chi connectivity index (χ2v) is 4.79. The van der Waals surface area contributed by atoms with Crippen molar-refractivity contribution in [2.75, 3.05) is 0 Å². The Morgan fingerprint density at radius 1 is 1.13 bits per heavy atom. The molecule has 3 aromatic rings. The molecule has 0 spiro atoms. The van der Waals surface area contributed by atoms with E-state index in [1.54, 1.807) is 6.07 Å². The maximum absolute atomic E-state index is 14.0. The molecule has 0 atom stereocenters. The molecule has 0 radical (unpaired) electrons. The number of nitrogens with two attached hydrogens (primary N) is 1. The Hall–Kier alpha value is -3.22. The summed E-state index contributed by atoms with van der Waals surface area (Å²) in [6.07, 6.45) is -1.15. The first-order valence-corrected chi connectivity index (χ1v) is 6.59. The third-order valence-corrected chi connectivity index (χ3v) is 3.35. The van der Waals surface area contributed by atoms with Gasteiger partial charge in [-0.15, -0.1) is 0 Å². The van der Waals surface area contributed by atoms with Gasteiger partial charge in [0.05, 0.1) is 16.8 Å². The molecule has 0 unspecified atom stereocenters. The Balaban J connectivity index is 2.27. The van der Waals surface area contributed by atoms with Gasteiger partial charge in [0.15, 0.2) is 0 Å². The fraction of sp³-hybridized carbons (Fsp3) is 0. The van der Waals surface area contributed by atoms with E-state index in [0.29, 0.717) is 16.6 Å². The minimum absolute atomic E-state index is 0.152. The van der Waals surface area contributed by atoms with E-state index in [-0.39, 0.29) is 11.1 Å². The third-order valence-electron chi connectivity index (χ3n) is 3.35. The number of rotatable bonds is 2. The summed E-state index contributed by atoms with van der Waals surface area (Å²) in [5.41, 5.74) is 6.11. The maximum atomic E-state index is 14.0. The molecule has 0 aliphatic rings. The van der Waals surface area contributed by atoms with Gasteiger partial charge in [-0.1, -0.05) is 12.1 Å². The van der Waals surface area contributed by atoms with Crippen molar-refractivity contribution in [2.24, 2.45) is 5.73 Å². The summed E-state index contributed by atoms with van der Waals surface area (Å²) < 4.78 is 31.7. The van der Waals surface area contributed by atoms with Crippen molar-refractivity contribution >= 4 is 22.9 Å². The first kappa shape index (κ1) is 14.7. The quantitative estimate of drug-likeness (QED) is 0.498. The first-order valence-electron chi connectivity index (χ1n) is 6.59. The molecular formula is C16H11F2N3O2. The topological polar surface area (TPSA) is 92.0 Å². The molecule has 23 heavy (non-hydrogen) atoms. The number of primary amides is 1. The van der Waals surface area contributed by atoms with Gasteiger partial charge in [-0.3, -0.25) is 5.41 Å². The van der Waals surface area contributed by atoms with Crippen LogP contribution in [0, 0.1) is 17.0 Å². The Labute approximate surface area is 129 Å². The number of ether oxygens (including phenoxy) is 1. The molecule has 4 N–H and O–H groups in total. The normalized spacial score (nSPS) is 10.7. The molecule has 116 valence electrons. The zero-order valence-corrected chi connectivity index (χ0v) is 11.7. The van der Waals surface area contributed by atoms with Crippen LogP contribution in [-0.2, 0) is 4.74 Å². The van der Waals surface area contributed by atoms with Crippen molar-refractivity contribution in [2.45, 2.75) is 0 Å². The molecule has 0 saturated carbocycles. The molecule has 0 bridgehead atoms. The van der Waals surface area contributed by atoms with Crippen LogP contribution in [0.4, 0.5) is 13.6 Å². The van der Waals surface area contributed by atoms with Gasteiger partial charge in [0.25, 0.3) is 0 Å². The molecule has 7 heteroatoms. The number of carbonyl (C=O) groups excluding carboxylic acids is 1. The molecule has 0 aliphatic heterocycles. The summed E-state index contributed by atoms with van der Waals surface area (Å²) in [5, 5.41) is 8.28. The van der Waals surface area contributed by atoms with E-state index in [1.165, 1.54) is 36.4 Å². The Morgan fingerprint density at radius 3 is 2.48 bits per heavy atom. The Morgan fingerprint density at radius 2 is 1.83 bits per heavy atom. The van der Waals surface area contributed by atoms with Gasteiger partial charge < -0.3 is 15.5 Å². The van der Waals surface area contributed by atoms with E-state index in [4.69, 9.17) is 11.1 Å². The summed E-state index contributed by atoms with van der Waals surface area (Å²) in [6.45, 7) is 0. The van der Waals surface area contributed by atoms with Crippen LogP contribution in [-0.4, -0.2) is 17.0 Å². The monoisotopic (exact) mass is 315 g/mol. The van der Waals surface area contributed by atoms with E-state index in [2.05, 4.69) is 9.72 Å². The number of amides is 1. The number of hydrogen-bond acceptors (Lipinski definition) is 3. The zero-order valence-electron chi connectivity index (χ0n) is 11.7. The van der Waals surface area contributed by atoms with Crippen molar-refractivity contribution < 1.29 is 18.3 Å². The molecule has 0 saturated heterocycles. The zero-order chi connectivity index (χ0) is 16.6. The van der Waals surface area contributed by atoms with Crippen LogP contribution in [0.1, 0.15) is 5.56 Å². The number of nitrogens with one attached hydrogen (secondary N) is 2.